The van der Waals surface area contributed by atoms with Crippen LogP contribution in [0.5, 0.6) is 11.5 Å². The number of ether oxygens (including phenoxy) is 1. The van der Waals surface area contributed by atoms with Crippen LogP contribution in [-0.4, -0.2) is 44.8 Å². The van der Waals surface area contributed by atoms with Gasteiger partial charge >= 0.3 is 0 Å². The Bertz CT molecular complexity index is 1060. The number of benzene rings is 2. The van der Waals surface area contributed by atoms with Crippen molar-refractivity contribution in [3.63, 3.8) is 0 Å². The molecule has 0 aliphatic carbocycles. The van der Waals surface area contributed by atoms with Crippen molar-refractivity contribution in [3.8, 4) is 11.5 Å². The van der Waals surface area contributed by atoms with Crippen molar-refractivity contribution in [2.75, 3.05) is 36.4 Å². The van der Waals surface area contributed by atoms with E-state index >= 15 is 0 Å². The fraction of sp³-hybridized carbons (Fsp3) is 0.409. The highest BCUT2D eigenvalue weighted by atomic mass is 32.2. The Balaban J connectivity index is 1.90. The summed E-state index contributed by atoms with van der Waals surface area (Å²) in [5, 5.41) is 2.83. The van der Waals surface area contributed by atoms with E-state index in [0.717, 1.165) is 32.4 Å². The van der Waals surface area contributed by atoms with Crippen LogP contribution in [0.4, 0.5) is 11.4 Å². The van der Waals surface area contributed by atoms with Gasteiger partial charge in [0.1, 0.15) is 10.6 Å². The Kier molecular flexibility index (Phi) is 5.71. The smallest absolute Gasteiger partial charge is 0.259 e. The number of fused-ring (bicyclic) bond motifs is 2. The number of hydrogen-bond acceptors (Lipinski definition) is 5. The van der Waals surface area contributed by atoms with Crippen LogP contribution in [0.3, 0.4) is 0 Å². The van der Waals surface area contributed by atoms with E-state index in [9.17, 15) is 13.2 Å². The summed E-state index contributed by atoms with van der Waals surface area (Å²) in [5.74, 6) is 0.529. The maximum Gasteiger partial charge on any atom is 0.259 e. The lowest BCUT2D eigenvalue weighted by Gasteiger charge is -2.32. The van der Waals surface area contributed by atoms with Gasteiger partial charge in [-0.05, 0) is 37.5 Å². The zero-order chi connectivity index (χ0) is 21.3. The second-order valence-electron chi connectivity index (χ2n) is 7.51. The van der Waals surface area contributed by atoms with Gasteiger partial charge in [-0.15, -0.1) is 0 Å². The Labute approximate surface area is 177 Å². The predicted octanol–water partition coefficient (Wildman–Crippen LogP) is 4.07. The third-order valence-electron chi connectivity index (χ3n) is 5.68. The summed E-state index contributed by atoms with van der Waals surface area (Å²) in [7, 11) is -3.76. The third-order valence-corrected chi connectivity index (χ3v) is 7.76. The molecule has 0 radical (unpaired) electrons. The molecule has 8 heteroatoms. The van der Waals surface area contributed by atoms with Gasteiger partial charge in [0.15, 0.2) is 5.75 Å². The van der Waals surface area contributed by atoms with E-state index in [1.807, 2.05) is 26.0 Å². The van der Waals surface area contributed by atoms with Gasteiger partial charge in [0.05, 0.1) is 16.9 Å². The minimum absolute atomic E-state index is 0.163. The Morgan fingerprint density at radius 3 is 2.43 bits per heavy atom. The molecular formula is C22H27N3O4S. The van der Waals surface area contributed by atoms with E-state index < -0.39 is 10.0 Å². The molecule has 4 rings (SSSR count). The van der Waals surface area contributed by atoms with Crippen LogP contribution < -0.4 is 15.0 Å². The lowest BCUT2D eigenvalue weighted by atomic mass is 10.1. The lowest BCUT2D eigenvalue weighted by Crippen LogP contribution is -2.35. The number of carbonyl (C=O) groups is 1. The molecule has 2 heterocycles. The van der Waals surface area contributed by atoms with Crippen molar-refractivity contribution in [2.24, 2.45) is 0 Å². The number of rotatable bonds is 5. The number of sulfonamides is 1. The highest BCUT2D eigenvalue weighted by Gasteiger charge is 2.32. The Morgan fingerprint density at radius 2 is 1.73 bits per heavy atom. The fourth-order valence-electron chi connectivity index (χ4n) is 4.07. The topological polar surface area (TPSA) is 79.0 Å². The van der Waals surface area contributed by atoms with E-state index in [0.29, 0.717) is 36.0 Å². The molecule has 2 aromatic carbocycles. The van der Waals surface area contributed by atoms with E-state index in [-0.39, 0.29) is 16.4 Å². The molecule has 160 valence electrons. The van der Waals surface area contributed by atoms with Gasteiger partial charge in [0.2, 0.25) is 10.0 Å². The second kappa shape index (κ2) is 8.28. The molecule has 2 aliphatic rings. The molecule has 1 saturated heterocycles. The van der Waals surface area contributed by atoms with Gasteiger partial charge in [0, 0.05) is 32.2 Å². The molecule has 30 heavy (non-hydrogen) atoms. The van der Waals surface area contributed by atoms with Crippen molar-refractivity contribution in [3.05, 3.63) is 42.0 Å². The minimum Gasteiger partial charge on any atom is -0.454 e. The molecule has 2 aliphatic heterocycles. The van der Waals surface area contributed by atoms with Gasteiger partial charge in [-0.3, -0.25) is 4.79 Å². The van der Waals surface area contributed by atoms with Crippen molar-refractivity contribution in [2.45, 2.75) is 38.0 Å². The van der Waals surface area contributed by atoms with E-state index in [4.69, 9.17) is 4.74 Å². The van der Waals surface area contributed by atoms with Crippen LogP contribution in [-0.2, 0) is 10.0 Å². The van der Waals surface area contributed by atoms with Crippen LogP contribution in [0.2, 0.25) is 0 Å². The first-order valence-corrected chi connectivity index (χ1v) is 11.9. The van der Waals surface area contributed by atoms with Gasteiger partial charge in [-0.25, -0.2) is 8.42 Å². The van der Waals surface area contributed by atoms with Gasteiger partial charge in [-0.2, -0.15) is 4.31 Å². The summed E-state index contributed by atoms with van der Waals surface area (Å²) in [5.41, 5.74) is 1.39. The number of hydrogen-bond donors (Lipinski definition) is 1. The third kappa shape index (κ3) is 3.65. The molecule has 0 aromatic heterocycles. The molecule has 0 atom stereocenters. The van der Waals surface area contributed by atoms with Crippen LogP contribution in [0.15, 0.2) is 41.3 Å². The number of nitrogens with one attached hydrogen (secondary N) is 1. The van der Waals surface area contributed by atoms with Crippen LogP contribution >= 0.6 is 0 Å². The minimum atomic E-state index is -3.76. The predicted molar refractivity (Wildman–Crippen MR) is 117 cm³/mol. The molecular weight excluding hydrogens is 402 g/mol. The number of carbonyl (C=O) groups excluding carboxylic acids is 1. The highest BCUT2D eigenvalue weighted by Crippen LogP contribution is 2.41. The van der Waals surface area contributed by atoms with Crippen molar-refractivity contribution < 1.29 is 17.9 Å². The maximum absolute atomic E-state index is 13.5. The summed E-state index contributed by atoms with van der Waals surface area (Å²) in [6, 6.07) is 10.4. The van der Waals surface area contributed by atoms with E-state index in [1.54, 1.807) is 18.2 Å². The molecule has 0 bridgehead atoms. The molecule has 1 fully saturated rings. The molecule has 2 aromatic rings. The first-order chi connectivity index (χ1) is 14.5. The molecule has 1 N–H and O–H groups in total. The average Bonchev–Trinajstić information content (AvgIpc) is 2.89. The molecule has 1 amide bonds. The monoisotopic (exact) mass is 429 g/mol. The van der Waals surface area contributed by atoms with Gasteiger partial charge < -0.3 is 15.0 Å². The van der Waals surface area contributed by atoms with Crippen LogP contribution in [0.1, 0.15) is 43.5 Å². The Hall–Kier alpha value is -2.58. The number of anilines is 2. The SMILES string of the molecule is CCN(CC)S(=O)(=O)c1cc2c(cc1N1CCCCC1)Oc1ccccc1NC2=O. The number of piperidine rings is 1. The summed E-state index contributed by atoms with van der Waals surface area (Å²) in [6.45, 7) is 5.92. The number of amides is 1. The average molecular weight is 430 g/mol. The number of para-hydroxylation sites is 2. The maximum atomic E-state index is 13.5. The zero-order valence-corrected chi connectivity index (χ0v) is 18.2. The summed E-state index contributed by atoms with van der Waals surface area (Å²) >= 11 is 0. The van der Waals surface area contributed by atoms with Crippen LogP contribution in [0.25, 0.3) is 0 Å². The van der Waals surface area contributed by atoms with Crippen molar-refractivity contribution in [1.82, 2.24) is 4.31 Å². The summed E-state index contributed by atoms with van der Waals surface area (Å²) in [6.07, 6.45) is 3.14. The van der Waals surface area contributed by atoms with E-state index in [1.165, 1.54) is 10.4 Å². The first-order valence-electron chi connectivity index (χ1n) is 10.5. The standard InChI is InChI=1S/C22H27N3O4S/c1-3-25(4-2)30(27,28)21-14-16-20(15-18(21)24-12-8-5-9-13-24)29-19-11-7-6-10-17(19)23-22(16)26/h6-7,10-11,14-15H,3-5,8-9,12-13H2,1-2H3,(H,23,26). The molecule has 0 saturated carbocycles. The quantitative estimate of drug-likeness (QED) is 0.775. The van der Waals surface area contributed by atoms with E-state index in [2.05, 4.69) is 10.2 Å². The van der Waals surface area contributed by atoms with Crippen LogP contribution in [0, 0.1) is 0 Å². The summed E-state index contributed by atoms with van der Waals surface area (Å²) in [4.78, 5) is 15.2. The Morgan fingerprint density at radius 1 is 1.03 bits per heavy atom. The normalized spacial score (nSPS) is 16.4. The van der Waals surface area contributed by atoms with Crippen molar-refractivity contribution >= 4 is 27.3 Å². The molecule has 0 spiro atoms. The lowest BCUT2D eigenvalue weighted by molar-refractivity contribution is 0.102. The highest BCUT2D eigenvalue weighted by molar-refractivity contribution is 7.89. The molecule has 7 nitrogen and oxygen atoms in total. The number of nitrogens with zero attached hydrogens (tertiary/aromatic N) is 2. The first kappa shape index (κ1) is 20.7. The summed E-state index contributed by atoms with van der Waals surface area (Å²) < 4.78 is 34.5. The van der Waals surface area contributed by atoms with Crippen molar-refractivity contribution in [1.29, 1.82) is 0 Å². The largest absolute Gasteiger partial charge is 0.454 e. The second-order valence-corrected chi connectivity index (χ2v) is 9.41. The van der Waals surface area contributed by atoms with Gasteiger partial charge in [0.25, 0.3) is 5.91 Å². The molecule has 0 unspecified atom stereocenters. The van der Waals surface area contributed by atoms with Gasteiger partial charge in [-0.1, -0.05) is 26.0 Å². The fourth-order valence-corrected chi connectivity index (χ4v) is 5.75. The zero-order valence-electron chi connectivity index (χ0n) is 17.3.